The fourth-order valence-electron chi connectivity index (χ4n) is 2.48. The molecule has 0 saturated heterocycles. The number of amides is 1. The lowest BCUT2D eigenvalue weighted by molar-refractivity contribution is -0.112. The van der Waals surface area contributed by atoms with E-state index in [1.807, 2.05) is 62.4 Å². The number of hydrogen-bond donors (Lipinski definition) is 1. The number of benzene rings is 2. The number of anilines is 1. The van der Waals surface area contributed by atoms with Crippen LogP contribution in [0.25, 0.3) is 6.08 Å². The lowest BCUT2D eigenvalue weighted by Gasteiger charge is -2.11. The van der Waals surface area contributed by atoms with Crippen LogP contribution in [-0.4, -0.2) is 5.91 Å². The number of nitrogens with zero attached hydrogens (tertiary/aromatic N) is 1. The summed E-state index contributed by atoms with van der Waals surface area (Å²) in [6.45, 7) is 8.12. The number of aryl methyl sites for hydroxylation is 2. The number of hydrogen-bond acceptors (Lipinski definition) is 2. The Labute approximate surface area is 143 Å². The van der Waals surface area contributed by atoms with Crippen molar-refractivity contribution >= 4 is 17.7 Å². The molecule has 0 aromatic heterocycles. The molecule has 0 heterocycles. The maximum Gasteiger partial charge on any atom is 0.266 e. The van der Waals surface area contributed by atoms with E-state index in [1.54, 1.807) is 6.08 Å². The zero-order valence-electron chi connectivity index (χ0n) is 14.6. The minimum Gasteiger partial charge on any atom is -0.321 e. The summed E-state index contributed by atoms with van der Waals surface area (Å²) in [5, 5.41) is 12.2. The Balaban J connectivity index is 2.24. The van der Waals surface area contributed by atoms with Gasteiger partial charge in [0.2, 0.25) is 0 Å². The van der Waals surface area contributed by atoms with E-state index in [-0.39, 0.29) is 11.5 Å². The summed E-state index contributed by atoms with van der Waals surface area (Å²) in [4.78, 5) is 12.4. The highest BCUT2D eigenvalue weighted by molar-refractivity contribution is 6.10. The fraction of sp³-hybridized carbons (Fsp3) is 0.238. The van der Waals surface area contributed by atoms with Crippen molar-refractivity contribution in [3.63, 3.8) is 0 Å². The number of para-hydroxylation sites is 1. The number of nitriles is 1. The Morgan fingerprint density at radius 3 is 2.17 bits per heavy atom. The average Bonchev–Trinajstić information content (AvgIpc) is 2.56. The van der Waals surface area contributed by atoms with Crippen molar-refractivity contribution in [3.05, 3.63) is 70.3 Å². The van der Waals surface area contributed by atoms with Gasteiger partial charge in [-0.1, -0.05) is 56.3 Å². The molecule has 2 aromatic rings. The van der Waals surface area contributed by atoms with Gasteiger partial charge in [0.25, 0.3) is 5.91 Å². The normalized spacial score (nSPS) is 11.2. The van der Waals surface area contributed by atoms with Crippen LogP contribution >= 0.6 is 0 Å². The van der Waals surface area contributed by atoms with Crippen molar-refractivity contribution in [1.29, 1.82) is 5.26 Å². The molecule has 0 saturated carbocycles. The zero-order chi connectivity index (χ0) is 17.7. The van der Waals surface area contributed by atoms with E-state index in [0.29, 0.717) is 5.92 Å². The van der Waals surface area contributed by atoms with Crippen LogP contribution in [0.15, 0.2) is 48.0 Å². The highest BCUT2D eigenvalue weighted by Gasteiger charge is 2.12. The summed E-state index contributed by atoms with van der Waals surface area (Å²) in [7, 11) is 0. The molecular formula is C21H22N2O. The van der Waals surface area contributed by atoms with Crippen molar-refractivity contribution in [3.8, 4) is 6.07 Å². The maximum atomic E-state index is 12.4. The molecule has 2 aromatic carbocycles. The van der Waals surface area contributed by atoms with Crippen molar-refractivity contribution in [2.75, 3.05) is 5.32 Å². The SMILES string of the molecule is Cc1cccc(C)c1NC(=O)C(C#N)=Cc1ccc(C(C)C)cc1. The first-order valence-corrected chi connectivity index (χ1v) is 8.01. The Morgan fingerprint density at radius 1 is 1.08 bits per heavy atom. The van der Waals surface area contributed by atoms with Crippen molar-refractivity contribution in [2.45, 2.75) is 33.6 Å². The summed E-state index contributed by atoms with van der Waals surface area (Å²) in [6, 6.07) is 15.7. The minimum absolute atomic E-state index is 0.0925. The molecule has 0 fully saturated rings. The number of carbonyl (C=O) groups excluding carboxylic acids is 1. The Kier molecular flexibility index (Phi) is 5.55. The summed E-state index contributed by atoms with van der Waals surface area (Å²) in [5.41, 5.74) is 4.87. The third-order valence-corrected chi connectivity index (χ3v) is 4.00. The first-order valence-electron chi connectivity index (χ1n) is 8.01. The van der Waals surface area contributed by atoms with Gasteiger partial charge in [0, 0.05) is 5.69 Å². The van der Waals surface area contributed by atoms with Crippen LogP contribution in [0.3, 0.4) is 0 Å². The fourth-order valence-corrected chi connectivity index (χ4v) is 2.48. The van der Waals surface area contributed by atoms with Crippen molar-refractivity contribution < 1.29 is 4.79 Å². The van der Waals surface area contributed by atoms with Gasteiger partial charge in [-0.3, -0.25) is 4.79 Å². The van der Waals surface area contributed by atoms with Gasteiger partial charge in [-0.05, 0) is 48.1 Å². The third-order valence-electron chi connectivity index (χ3n) is 4.00. The molecule has 0 spiro atoms. The van der Waals surface area contributed by atoms with Gasteiger partial charge in [-0.2, -0.15) is 5.26 Å². The molecule has 3 nitrogen and oxygen atoms in total. The second kappa shape index (κ2) is 7.61. The first kappa shape index (κ1) is 17.5. The van der Waals surface area contributed by atoms with Crippen LogP contribution in [-0.2, 0) is 4.79 Å². The van der Waals surface area contributed by atoms with E-state index >= 15 is 0 Å². The molecule has 122 valence electrons. The quantitative estimate of drug-likeness (QED) is 0.639. The smallest absolute Gasteiger partial charge is 0.266 e. The van der Waals surface area contributed by atoms with E-state index in [2.05, 4.69) is 19.2 Å². The molecule has 0 aliphatic carbocycles. The van der Waals surface area contributed by atoms with E-state index in [1.165, 1.54) is 5.56 Å². The lowest BCUT2D eigenvalue weighted by atomic mass is 10.0. The molecule has 1 N–H and O–H groups in total. The summed E-state index contributed by atoms with van der Waals surface area (Å²) in [5.74, 6) is 0.0635. The Bertz CT molecular complexity index is 788. The van der Waals surface area contributed by atoms with Crippen LogP contribution in [0.5, 0.6) is 0 Å². The third kappa shape index (κ3) is 4.11. The summed E-state index contributed by atoms with van der Waals surface area (Å²) in [6.07, 6.45) is 1.62. The van der Waals surface area contributed by atoms with Gasteiger partial charge in [-0.15, -0.1) is 0 Å². The molecule has 3 heteroatoms. The Morgan fingerprint density at radius 2 is 1.67 bits per heavy atom. The zero-order valence-corrected chi connectivity index (χ0v) is 14.6. The second-order valence-electron chi connectivity index (χ2n) is 6.21. The molecule has 0 aliphatic heterocycles. The van der Waals surface area contributed by atoms with Crippen LogP contribution in [0.4, 0.5) is 5.69 Å². The van der Waals surface area contributed by atoms with Crippen LogP contribution in [0.1, 0.15) is 42.0 Å². The van der Waals surface area contributed by atoms with Gasteiger partial charge in [-0.25, -0.2) is 0 Å². The van der Waals surface area contributed by atoms with E-state index < -0.39 is 0 Å². The summed E-state index contributed by atoms with van der Waals surface area (Å²) < 4.78 is 0. The molecule has 24 heavy (non-hydrogen) atoms. The van der Waals surface area contributed by atoms with E-state index in [9.17, 15) is 10.1 Å². The molecule has 1 amide bonds. The predicted molar refractivity (Wildman–Crippen MR) is 98.7 cm³/mol. The highest BCUT2D eigenvalue weighted by atomic mass is 16.1. The van der Waals surface area contributed by atoms with Gasteiger partial charge < -0.3 is 5.32 Å². The van der Waals surface area contributed by atoms with Gasteiger partial charge >= 0.3 is 0 Å². The monoisotopic (exact) mass is 318 g/mol. The van der Waals surface area contributed by atoms with Crippen molar-refractivity contribution in [2.24, 2.45) is 0 Å². The second-order valence-corrected chi connectivity index (χ2v) is 6.21. The molecule has 0 atom stereocenters. The molecular weight excluding hydrogens is 296 g/mol. The number of rotatable bonds is 4. The topological polar surface area (TPSA) is 52.9 Å². The van der Waals surface area contributed by atoms with Crippen molar-refractivity contribution in [1.82, 2.24) is 0 Å². The van der Waals surface area contributed by atoms with E-state index in [0.717, 1.165) is 22.4 Å². The van der Waals surface area contributed by atoms with E-state index in [4.69, 9.17) is 0 Å². The lowest BCUT2D eigenvalue weighted by Crippen LogP contribution is -2.15. The average molecular weight is 318 g/mol. The Hall–Kier alpha value is -2.86. The maximum absolute atomic E-state index is 12.4. The predicted octanol–water partition coefficient (Wildman–Crippen LogP) is 4.97. The first-order chi connectivity index (χ1) is 11.4. The number of carbonyl (C=O) groups is 1. The van der Waals surface area contributed by atoms with Crippen LogP contribution < -0.4 is 5.32 Å². The number of nitrogens with one attached hydrogen (secondary N) is 1. The molecule has 0 bridgehead atoms. The molecule has 2 rings (SSSR count). The molecule has 0 aliphatic rings. The van der Waals surface area contributed by atoms with Gasteiger partial charge in [0.15, 0.2) is 0 Å². The van der Waals surface area contributed by atoms with Crippen LogP contribution in [0.2, 0.25) is 0 Å². The largest absolute Gasteiger partial charge is 0.321 e. The molecule has 0 radical (unpaired) electrons. The molecule has 0 unspecified atom stereocenters. The van der Waals surface area contributed by atoms with Gasteiger partial charge in [0.1, 0.15) is 11.6 Å². The summed E-state index contributed by atoms with van der Waals surface area (Å²) >= 11 is 0. The standard InChI is InChI=1S/C21H22N2O/c1-14(2)18-10-8-17(9-11-18)12-19(13-22)21(24)23-20-15(3)6-5-7-16(20)4/h5-12,14H,1-4H3,(H,23,24). The highest BCUT2D eigenvalue weighted by Crippen LogP contribution is 2.21. The van der Waals surface area contributed by atoms with Gasteiger partial charge in [0.05, 0.1) is 0 Å². The van der Waals surface area contributed by atoms with Crippen LogP contribution in [0, 0.1) is 25.2 Å². The minimum atomic E-state index is -0.386.